The first-order valence-corrected chi connectivity index (χ1v) is 3.81. The smallest absolute Gasteiger partial charge is 0.269 e. The zero-order chi connectivity index (χ0) is 10.7. The van der Waals surface area contributed by atoms with Crippen molar-refractivity contribution in [2.24, 2.45) is 5.73 Å². The molecule has 0 saturated carbocycles. The van der Waals surface area contributed by atoms with Gasteiger partial charge in [-0.25, -0.2) is 13.2 Å². The highest BCUT2D eigenvalue weighted by Gasteiger charge is 2.20. The van der Waals surface area contributed by atoms with Crippen molar-refractivity contribution in [1.82, 2.24) is 4.98 Å². The molecule has 0 amide bonds. The predicted molar refractivity (Wildman–Crippen MR) is 43.6 cm³/mol. The summed E-state index contributed by atoms with van der Waals surface area (Å²) < 4.78 is 42.4. The highest BCUT2D eigenvalue weighted by atomic mass is 19.3. The second-order valence-electron chi connectivity index (χ2n) is 2.51. The Hall–Kier alpha value is -1.30. The fraction of sp³-hybridized carbons (Fsp3) is 0.375. The van der Waals surface area contributed by atoms with Gasteiger partial charge in [-0.15, -0.1) is 0 Å². The van der Waals surface area contributed by atoms with Gasteiger partial charge in [0, 0.05) is 12.7 Å². The van der Waals surface area contributed by atoms with E-state index in [1.807, 2.05) is 0 Å². The molecule has 0 unspecified atom stereocenters. The molecule has 0 bridgehead atoms. The van der Waals surface area contributed by atoms with Crippen LogP contribution in [0.4, 0.5) is 13.2 Å². The Balaban J connectivity index is 3.28. The number of alkyl halides is 2. The summed E-state index contributed by atoms with van der Waals surface area (Å²) in [6.07, 6.45) is -1.95. The van der Waals surface area contributed by atoms with E-state index in [0.29, 0.717) is 0 Å². The summed E-state index contributed by atoms with van der Waals surface area (Å²) in [7, 11) is 1.12. The van der Waals surface area contributed by atoms with Crippen molar-refractivity contribution in [1.29, 1.82) is 0 Å². The lowest BCUT2D eigenvalue weighted by Gasteiger charge is -2.10. The number of hydrogen-bond acceptors (Lipinski definition) is 3. The second kappa shape index (κ2) is 4.28. The van der Waals surface area contributed by atoms with Gasteiger partial charge < -0.3 is 10.5 Å². The largest absolute Gasteiger partial charge is 0.493 e. The number of nitrogens with two attached hydrogens (primary N) is 1. The van der Waals surface area contributed by atoms with Crippen molar-refractivity contribution in [3.8, 4) is 5.75 Å². The molecular formula is C8H9F3N2O. The van der Waals surface area contributed by atoms with Gasteiger partial charge in [-0.05, 0) is 0 Å². The highest BCUT2D eigenvalue weighted by molar-refractivity contribution is 5.35. The molecule has 0 aliphatic rings. The Morgan fingerprint density at radius 3 is 2.64 bits per heavy atom. The lowest BCUT2D eigenvalue weighted by Crippen LogP contribution is -2.07. The van der Waals surface area contributed by atoms with Crippen LogP contribution in [0.5, 0.6) is 5.75 Å². The number of aromatic nitrogens is 1. The maximum Gasteiger partial charge on any atom is 0.269 e. The van der Waals surface area contributed by atoms with Gasteiger partial charge in [0.25, 0.3) is 6.43 Å². The number of pyridine rings is 1. The average molecular weight is 206 g/mol. The molecule has 0 aromatic carbocycles. The van der Waals surface area contributed by atoms with Gasteiger partial charge in [-0.3, -0.25) is 4.98 Å². The summed E-state index contributed by atoms with van der Waals surface area (Å²) >= 11 is 0. The van der Waals surface area contributed by atoms with Crippen molar-refractivity contribution in [2.75, 3.05) is 7.11 Å². The number of rotatable bonds is 3. The minimum atomic E-state index is -2.82. The molecular weight excluding hydrogens is 197 g/mol. The van der Waals surface area contributed by atoms with Crippen LogP contribution in [0.1, 0.15) is 17.7 Å². The summed E-state index contributed by atoms with van der Waals surface area (Å²) in [5.74, 6) is -1.41. The van der Waals surface area contributed by atoms with Gasteiger partial charge in [0.2, 0.25) is 0 Å². The van der Waals surface area contributed by atoms with Gasteiger partial charge in [0.05, 0.1) is 18.4 Å². The van der Waals surface area contributed by atoms with E-state index in [9.17, 15) is 13.2 Å². The van der Waals surface area contributed by atoms with Gasteiger partial charge in [0.1, 0.15) is 0 Å². The summed E-state index contributed by atoms with van der Waals surface area (Å²) in [4.78, 5) is 3.47. The minimum absolute atomic E-state index is 0.0914. The third kappa shape index (κ3) is 1.79. The van der Waals surface area contributed by atoms with Gasteiger partial charge in [0.15, 0.2) is 11.6 Å². The highest BCUT2D eigenvalue weighted by Crippen LogP contribution is 2.31. The van der Waals surface area contributed by atoms with Crippen molar-refractivity contribution < 1.29 is 17.9 Å². The molecule has 0 radical (unpaired) electrons. The van der Waals surface area contributed by atoms with Crippen LogP contribution in [0.15, 0.2) is 6.20 Å². The molecule has 14 heavy (non-hydrogen) atoms. The van der Waals surface area contributed by atoms with E-state index in [0.717, 1.165) is 13.3 Å². The molecule has 6 heteroatoms. The van der Waals surface area contributed by atoms with Crippen LogP contribution in [-0.4, -0.2) is 12.1 Å². The molecule has 0 saturated heterocycles. The van der Waals surface area contributed by atoms with E-state index in [4.69, 9.17) is 5.73 Å². The Morgan fingerprint density at radius 1 is 1.57 bits per heavy atom. The third-order valence-corrected chi connectivity index (χ3v) is 1.71. The zero-order valence-electron chi connectivity index (χ0n) is 7.43. The number of hydrogen-bond donors (Lipinski definition) is 1. The lowest BCUT2D eigenvalue weighted by molar-refractivity contribution is 0.145. The molecule has 1 aromatic rings. The standard InChI is InChI=1S/C8H9F3N2O/c1-14-7-4(8(10)11)3-13-5(2-12)6(7)9/h3,8H,2,12H2,1H3. The first-order valence-electron chi connectivity index (χ1n) is 3.81. The zero-order valence-corrected chi connectivity index (χ0v) is 7.43. The van der Waals surface area contributed by atoms with Crippen molar-refractivity contribution in [3.05, 3.63) is 23.3 Å². The molecule has 0 aliphatic heterocycles. The monoisotopic (exact) mass is 206 g/mol. The number of halogens is 3. The molecule has 1 heterocycles. The summed E-state index contributed by atoms with van der Waals surface area (Å²) in [5.41, 5.74) is 4.50. The van der Waals surface area contributed by atoms with Crippen LogP contribution in [0.25, 0.3) is 0 Å². The van der Waals surface area contributed by atoms with Crippen LogP contribution in [0, 0.1) is 5.82 Å². The first kappa shape index (κ1) is 10.8. The van der Waals surface area contributed by atoms with Crippen LogP contribution in [0.2, 0.25) is 0 Å². The average Bonchev–Trinajstić information content (AvgIpc) is 2.17. The van der Waals surface area contributed by atoms with E-state index in [-0.39, 0.29) is 12.2 Å². The lowest BCUT2D eigenvalue weighted by atomic mass is 10.2. The Bertz CT molecular complexity index is 331. The van der Waals surface area contributed by atoms with Crippen LogP contribution in [0.3, 0.4) is 0 Å². The molecule has 3 nitrogen and oxygen atoms in total. The molecule has 1 rings (SSSR count). The normalized spacial score (nSPS) is 10.7. The number of ether oxygens (including phenoxy) is 1. The number of nitrogens with zero attached hydrogens (tertiary/aromatic N) is 1. The maximum atomic E-state index is 13.3. The molecule has 0 fully saturated rings. The second-order valence-corrected chi connectivity index (χ2v) is 2.51. The van der Waals surface area contributed by atoms with Crippen LogP contribution in [-0.2, 0) is 6.54 Å². The first-order chi connectivity index (χ1) is 6.61. The quantitative estimate of drug-likeness (QED) is 0.817. The van der Waals surface area contributed by atoms with E-state index < -0.39 is 23.6 Å². The topological polar surface area (TPSA) is 48.1 Å². The SMILES string of the molecule is COc1c(C(F)F)cnc(CN)c1F. The van der Waals surface area contributed by atoms with E-state index in [2.05, 4.69) is 9.72 Å². The molecule has 78 valence electrons. The van der Waals surface area contributed by atoms with E-state index in [1.165, 1.54) is 0 Å². The van der Waals surface area contributed by atoms with Gasteiger partial charge in [-0.2, -0.15) is 0 Å². The van der Waals surface area contributed by atoms with E-state index in [1.54, 1.807) is 0 Å². The Morgan fingerprint density at radius 2 is 2.21 bits per heavy atom. The third-order valence-electron chi connectivity index (χ3n) is 1.71. The molecule has 1 aromatic heterocycles. The van der Waals surface area contributed by atoms with Crippen LogP contribution < -0.4 is 10.5 Å². The molecule has 2 N–H and O–H groups in total. The summed E-state index contributed by atoms with van der Waals surface area (Å²) in [6, 6.07) is 0. The van der Waals surface area contributed by atoms with Crippen LogP contribution >= 0.6 is 0 Å². The fourth-order valence-electron chi connectivity index (χ4n) is 1.03. The van der Waals surface area contributed by atoms with Gasteiger partial charge >= 0.3 is 0 Å². The van der Waals surface area contributed by atoms with E-state index >= 15 is 0 Å². The maximum absolute atomic E-state index is 13.3. The van der Waals surface area contributed by atoms with Gasteiger partial charge in [-0.1, -0.05) is 0 Å². The fourth-order valence-corrected chi connectivity index (χ4v) is 1.03. The summed E-state index contributed by atoms with van der Waals surface area (Å²) in [6.45, 7) is -0.161. The minimum Gasteiger partial charge on any atom is -0.493 e. The predicted octanol–water partition coefficient (Wildman–Crippen LogP) is 1.63. The Labute approximate surface area is 78.7 Å². The van der Waals surface area contributed by atoms with Crippen molar-refractivity contribution in [2.45, 2.75) is 13.0 Å². The molecule has 0 atom stereocenters. The molecule has 0 aliphatic carbocycles. The molecule has 0 spiro atoms. The van der Waals surface area contributed by atoms with Crippen molar-refractivity contribution >= 4 is 0 Å². The number of methoxy groups -OCH3 is 1. The Kier molecular flexibility index (Phi) is 3.29. The van der Waals surface area contributed by atoms with Crippen molar-refractivity contribution in [3.63, 3.8) is 0 Å². The summed E-state index contributed by atoms with van der Waals surface area (Å²) in [5, 5.41) is 0.